The summed E-state index contributed by atoms with van der Waals surface area (Å²) < 4.78 is 55.5. The van der Waals surface area contributed by atoms with E-state index in [4.69, 9.17) is 9.88 Å². The fourth-order valence-corrected chi connectivity index (χ4v) is 4.39. The Morgan fingerprint density at radius 3 is 2.31 bits per heavy atom. The Morgan fingerprint density at radius 2 is 1.69 bits per heavy atom. The first-order valence-electron chi connectivity index (χ1n) is 7.84. The number of primary sulfonamides is 1. The van der Waals surface area contributed by atoms with Gasteiger partial charge in [-0.3, -0.25) is 0 Å². The molecule has 3 N–H and O–H groups in total. The molecule has 2 rings (SSSR count). The minimum atomic E-state index is -3.80. The smallest absolute Gasteiger partial charge is 0.240 e. The Morgan fingerprint density at radius 1 is 1.00 bits per heavy atom. The fourth-order valence-electron chi connectivity index (χ4n) is 2.43. The van der Waals surface area contributed by atoms with Crippen molar-refractivity contribution in [1.29, 1.82) is 0 Å². The van der Waals surface area contributed by atoms with Gasteiger partial charge in [-0.15, -0.1) is 0 Å². The number of ether oxygens (including phenoxy) is 1. The van der Waals surface area contributed by atoms with Gasteiger partial charge in [0.1, 0.15) is 12.4 Å². The Kier molecular flexibility index (Phi) is 6.07. The summed E-state index contributed by atoms with van der Waals surface area (Å²) in [6.45, 7) is 5.30. The number of sulfonamides is 2. The van der Waals surface area contributed by atoms with Crippen molar-refractivity contribution in [3.63, 3.8) is 0 Å². The van der Waals surface area contributed by atoms with Crippen molar-refractivity contribution in [3.8, 4) is 5.75 Å². The minimum absolute atomic E-state index is 0.0440. The lowest BCUT2D eigenvalue weighted by Crippen LogP contribution is -2.28. The Balaban J connectivity index is 2.01. The van der Waals surface area contributed by atoms with Crippen LogP contribution in [0.1, 0.15) is 16.7 Å². The third kappa shape index (κ3) is 5.04. The Hall–Kier alpha value is -1.94. The molecule has 0 amide bonds. The predicted molar refractivity (Wildman–Crippen MR) is 99.2 cm³/mol. The molecule has 0 aliphatic rings. The van der Waals surface area contributed by atoms with E-state index < -0.39 is 20.0 Å². The summed E-state index contributed by atoms with van der Waals surface area (Å²) in [4.78, 5) is 0.240. The largest absolute Gasteiger partial charge is 0.492 e. The van der Waals surface area contributed by atoms with Crippen LogP contribution in [0.2, 0.25) is 0 Å². The summed E-state index contributed by atoms with van der Waals surface area (Å²) in [6.07, 6.45) is 0. The van der Waals surface area contributed by atoms with Gasteiger partial charge in [0.05, 0.1) is 9.79 Å². The molecule has 9 heteroatoms. The van der Waals surface area contributed by atoms with Crippen LogP contribution < -0.4 is 14.6 Å². The quantitative estimate of drug-likeness (QED) is 0.688. The Bertz CT molecular complexity index is 1020. The molecule has 2 aromatic carbocycles. The molecule has 0 aromatic heterocycles. The summed E-state index contributed by atoms with van der Waals surface area (Å²) in [7, 11) is -7.41. The lowest BCUT2D eigenvalue weighted by molar-refractivity contribution is 0.320. The number of hydrogen-bond acceptors (Lipinski definition) is 5. The van der Waals surface area contributed by atoms with Crippen LogP contribution in [0.4, 0.5) is 0 Å². The first-order valence-corrected chi connectivity index (χ1v) is 10.9. The zero-order valence-corrected chi connectivity index (χ0v) is 16.4. The monoisotopic (exact) mass is 398 g/mol. The number of rotatable bonds is 7. The van der Waals surface area contributed by atoms with Crippen molar-refractivity contribution in [2.75, 3.05) is 13.2 Å². The lowest BCUT2D eigenvalue weighted by atomic mass is 10.1. The van der Waals surface area contributed by atoms with Crippen LogP contribution in [0.25, 0.3) is 0 Å². The third-order valence-electron chi connectivity index (χ3n) is 3.73. The molecule has 0 heterocycles. The van der Waals surface area contributed by atoms with Crippen molar-refractivity contribution in [2.45, 2.75) is 30.6 Å². The second-order valence-electron chi connectivity index (χ2n) is 5.99. The maximum Gasteiger partial charge on any atom is 0.240 e. The Labute approximate surface area is 154 Å². The summed E-state index contributed by atoms with van der Waals surface area (Å²) in [5, 5.41) is 5.17. The van der Waals surface area contributed by atoms with Crippen LogP contribution in [-0.2, 0) is 20.0 Å². The summed E-state index contributed by atoms with van der Waals surface area (Å²) >= 11 is 0. The van der Waals surface area contributed by atoms with E-state index in [1.165, 1.54) is 12.1 Å². The van der Waals surface area contributed by atoms with Crippen LogP contribution in [-0.4, -0.2) is 30.0 Å². The van der Waals surface area contributed by atoms with Gasteiger partial charge in [0, 0.05) is 6.54 Å². The highest BCUT2D eigenvalue weighted by Gasteiger charge is 2.16. The second-order valence-corrected chi connectivity index (χ2v) is 9.29. The molecule has 0 unspecified atom stereocenters. The maximum atomic E-state index is 12.2. The van der Waals surface area contributed by atoms with Crippen molar-refractivity contribution in [1.82, 2.24) is 4.72 Å². The molecule has 0 atom stereocenters. The molecule has 2 aromatic rings. The van der Waals surface area contributed by atoms with E-state index in [2.05, 4.69) is 4.72 Å². The molecule has 142 valence electrons. The highest BCUT2D eigenvalue weighted by atomic mass is 32.2. The van der Waals surface area contributed by atoms with Gasteiger partial charge in [0.25, 0.3) is 0 Å². The molecule has 0 bridgehead atoms. The van der Waals surface area contributed by atoms with Crippen LogP contribution in [0.3, 0.4) is 0 Å². The molecule has 0 radical (unpaired) electrons. The molecular formula is C17H22N2O5S2. The van der Waals surface area contributed by atoms with Gasteiger partial charge in [-0.2, -0.15) is 0 Å². The third-order valence-corrected chi connectivity index (χ3v) is 6.24. The van der Waals surface area contributed by atoms with E-state index >= 15 is 0 Å². The molecule has 26 heavy (non-hydrogen) atoms. The topological polar surface area (TPSA) is 116 Å². The van der Waals surface area contributed by atoms with Gasteiger partial charge in [-0.05, 0) is 61.7 Å². The zero-order valence-electron chi connectivity index (χ0n) is 14.8. The van der Waals surface area contributed by atoms with Crippen molar-refractivity contribution in [3.05, 3.63) is 53.1 Å². The van der Waals surface area contributed by atoms with E-state index in [0.29, 0.717) is 16.9 Å². The minimum Gasteiger partial charge on any atom is -0.492 e. The van der Waals surface area contributed by atoms with Gasteiger partial charge in [-0.25, -0.2) is 26.7 Å². The van der Waals surface area contributed by atoms with E-state index in [1.54, 1.807) is 32.0 Å². The zero-order chi connectivity index (χ0) is 19.5. The van der Waals surface area contributed by atoms with Gasteiger partial charge < -0.3 is 4.74 Å². The molecule has 0 saturated carbocycles. The van der Waals surface area contributed by atoms with Crippen molar-refractivity contribution < 1.29 is 21.6 Å². The highest BCUT2D eigenvalue weighted by molar-refractivity contribution is 7.89. The molecule has 0 aliphatic carbocycles. The SMILES string of the molecule is Cc1cccc(S(=O)(=O)NCCOc2cc(C)c(S(N)(=O)=O)cc2C)c1. The van der Waals surface area contributed by atoms with Crippen LogP contribution in [0.5, 0.6) is 5.75 Å². The van der Waals surface area contributed by atoms with Gasteiger partial charge in [0.15, 0.2) is 0 Å². The number of benzene rings is 2. The molecule has 0 spiro atoms. The molecule has 0 aliphatic heterocycles. The number of nitrogens with one attached hydrogen (secondary N) is 1. The van der Waals surface area contributed by atoms with Crippen molar-refractivity contribution in [2.24, 2.45) is 5.14 Å². The molecular weight excluding hydrogens is 376 g/mol. The van der Waals surface area contributed by atoms with Crippen LogP contribution in [0, 0.1) is 20.8 Å². The van der Waals surface area contributed by atoms with Crippen molar-refractivity contribution >= 4 is 20.0 Å². The predicted octanol–water partition coefficient (Wildman–Crippen LogP) is 1.62. The van der Waals surface area contributed by atoms with E-state index in [0.717, 1.165) is 5.56 Å². The molecule has 0 saturated heterocycles. The van der Waals surface area contributed by atoms with Gasteiger partial charge in [0.2, 0.25) is 20.0 Å². The first kappa shape index (κ1) is 20.4. The number of aryl methyl sites for hydroxylation is 3. The summed E-state index contributed by atoms with van der Waals surface area (Å²) in [6, 6.07) is 9.62. The molecule has 7 nitrogen and oxygen atoms in total. The van der Waals surface area contributed by atoms with E-state index in [9.17, 15) is 16.8 Å². The lowest BCUT2D eigenvalue weighted by Gasteiger charge is -2.13. The summed E-state index contributed by atoms with van der Waals surface area (Å²) in [5.41, 5.74) is 1.92. The number of hydrogen-bond donors (Lipinski definition) is 2. The number of nitrogens with two attached hydrogens (primary N) is 1. The normalized spacial score (nSPS) is 12.2. The molecule has 0 fully saturated rings. The van der Waals surface area contributed by atoms with E-state index in [-0.39, 0.29) is 22.9 Å². The summed E-state index contributed by atoms with van der Waals surface area (Å²) in [5.74, 6) is 0.477. The second kappa shape index (κ2) is 7.75. The van der Waals surface area contributed by atoms with Crippen LogP contribution in [0.15, 0.2) is 46.2 Å². The average molecular weight is 399 g/mol. The first-order chi connectivity index (χ1) is 12.0. The van der Waals surface area contributed by atoms with Gasteiger partial charge >= 0.3 is 0 Å². The van der Waals surface area contributed by atoms with Crippen LogP contribution >= 0.6 is 0 Å². The average Bonchev–Trinajstić information content (AvgIpc) is 2.53. The standard InChI is InChI=1S/C17H22N2O5S2/c1-12-5-4-6-15(9-12)26(22,23)19-7-8-24-16-10-14(3)17(11-13(16)2)25(18,20)21/h4-6,9-11,19H,7-8H2,1-3H3,(H2,18,20,21). The highest BCUT2D eigenvalue weighted by Crippen LogP contribution is 2.25. The maximum absolute atomic E-state index is 12.2. The van der Waals surface area contributed by atoms with E-state index in [1.807, 2.05) is 13.0 Å². The van der Waals surface area contributed by atoms with Gasteiger partial charge in [-0.1, -0.05) is 12.1 Å². The fraction of sp³-hybridized carbons (Fsp3) is 0.294.